The van der Waals surface area contributed by atoms with Crippen LogP contribution in [0.1, 0.15) is 29.5 Å². The fraction of sp³-hybridized carbons (Fsp3) is 0.385. The molecule has 6 N–H and O–H groups in total. The third kappa shape index (κ3) is 4.97. The van der Waals surface area contributed by atoms with E-state index in [0.29, 0.717) is 18.5 Å². The molecule has 1 amide bonds. The van der Waals surface area contributed by atoms with Crippen molar-refractivity contribution in [2.24, 2.45) is 16.6 Å². The van der Waals surface area contributed by atoms with Gasteiger partial charge in [0.2, 0.25) is 5.91 Å². The van der Waals surface area contributed by atoms with Gasteiger partial charge in [-0.2, -0.15) is 0 Å². The average molecular weight is 264 g/mol. The van der Waals surface area contributed by atoms with Crippen molar-refractivity contribution in [3.8, 4) is 0 Å². The molecule has 6 nitrogen and oxygen atoms in total. The van der Waals surface area contributed by atoms with Gasteiger partial charge in [-0.3, -0.25) is 4.79 Å². The van der Waals surface area contributed by atoms with Crippen molar-refractivity contribution in [3.05, 3.63) is 34.9 Å². The molecule has 1 aromatic carbocycles. The predicted octanol–water partition coefficient (Wildman–Crippen LogP) is 0.445. The Balaban J connectivity index is 2.49. The zero-order chi connectivity index (χ0) is 14.3. The molecule has 0 unspecified atom stereocenters. The van der Waals surface area contributed by atoms with E-state index in [9.17, 15) is 4.79 Å². The Bertz CT molecular complexity index is 472. The lowest BCUT2D eigenvalue weighted by Gasteiger charge is -2.09. The Morgan fingerprint density at radius 1 is 1.42 bits per heavy atom. The first-order chi connectivity index (χ1) is 9.04. The van der Waals surface area contributed by atoms with Gasteiger partial charge >= 0.3 is 0 Å². The smallest absolute Gasteiger partial charge is 0.217 e. The van der Waals surface area contributed by atoms with Crippen molar-refractivity contribution in [2.75, 3.05) is 6.54 Å². The summed E-state index contributed by atoms with van der Waals surface area (Å²) >= 11 is 0. The molecule has 0 saturated heterocycles. The molecule has 1 aromatic rings. The summed E-state index contributed by atoms with van der Waals surface area (Å²) in [5.41, 5.74) is 13.5. The van der Waals surface area contributed by atoms with Crippen LogP contribution in [0, 0.1) is 6.92 Å². The molecule has 0 aliphatic carbocycles. The van der Waals surface area contributed by atoms with Gasteiger partial charge in [-0.05, 0) is 37.1 Å². The number of amidine groups is 1. The Morgan fingerprint density at radius 3 is 2.74 bits per heavy atom. The van der Waals surface area contributed by atoms with E-state index >= 15 is 0 Å². The molecular formula is C13H20N4O2. The number of benzene rings is 1. The lowest BCUT2D eigenvalue weighted by atomic mass is 10.0. The van der Waals surface area contributed by atoms with Crippen molar-refractivity contribution in [1.29, 1.82) is 0 Å². The number of carbonyl (C=O) groups is 1. The zero-order valence-electron chi connectivity index (χ0n) is 11.0. The van der Waals surface area contributed by atoms with Crippen LogP contribution in [0.5, 0.6) is 0 Å². The van der Waals surface area contributed by atoms with Crippen LogP contribution in [-0.2, 0) is 11.3 Å². The van der Waals surface area contributed by atoms with Gasteiger partial charge in [0, 0.05) is 18.5 Å². The largest absolute Gasteiger partial charge is 0.409 e. The van der Waals surface area contributed by atoms with E-state index in [0.717, 1.165) is 24.1 Å². The van der Waals surface area contributed by atoms with Crippen LogP contribution in [-0.4, -0.2) is 23.5 Å². The summed E-state index contributed by atoms with van der Waals surface area (Å²) < 4.78 is 0. The van der Waals surface area contributed by atoms with Crippen molar-refractivity contribution in [2.45, 2.75) is 26.3 Å². The van der Waals surface area contributed by atoms with Crippen LogP contribution in [0.4, 0.5) is 0 Å². The molecule has 1 rings (SSSR count). The van der Waals surface area contributed by atoms with Gasteiger partial charge in [0.15, 0.2) is 5.84 Å². The van der Waals surface area contributed by atoms with Gasteiger partial charge in [0.05, 0.1) is 0 Å². The number of nitrogens with two attached hydrogens (primary N) is 2. The van der Waals surface area contributed by atoms with Crippen LogP contribution in [0.3, 0.4) is 0 Å². The molecule has 0 saturated carbocycles. The van der Waals surface area contributed by atoms with Crippen LogP contribution in [0.2, 0.25) is 0 Å². The fourth-order valence-corrected chi connectivity index (χ4v) is 1.72. The molecule has 0 aliphatic rings. The summed E-state index contributed by atoms with van der Waals surface area (Å²) in [5, 5.41) is 14.8. The first-order valence-corrected chi connectivity index (χ1v) is 6.11. The van der Waals surface area contributed by atoms with Gasteiger partial charge in [0.25, 0.3) is 0 Å². The van der Waals surface area contributed by atoms with Crippen LogP contribution < -0.4 is 16.8 Å². The number of amides is 1. The molecule has 0 aliphatic heterocycles. The number of primary amides is 1. The summed E-state index contributed by atoms with van der Waals surface area (Å²) in [4.78, 5) is 10.6. The van der Waals surface area contributed by atoms with Gasteiger partial charge in [-0.1, -0.05) is 17.3 Å². The standard InChI is InChI=1S/C13H20N4O2/c1-9-7-10(13(15)17-19)4-5-11(9)8-16-6-2-3-12(14)18/h4-5,7,16,19H,2-3,6,8H2,1H3,(H2,14,18)(H2,15,17). The van der Waals surface area contributed by atoms with Gasteiger partial charge in [0.1, 0.15) is 0 Å². The number of oxime groups is 1. The van der Waals surface area contributed by atoms with Crippen LogP contribution in [0.25, 0.3) is 0 Å². The SMILES string of the molecule is Cc1cc(/C(N)=N/O)ccc1CNCCCC(N)=O. The Morgan fingerprint density at radius 2 is 2.16 bits per heavy atom. The number of nitrogens with zero attached hydrogens (tertiary/aromatic N) is 1. The molecule has 6 heteroatoms. The summed E-state index contributed by atoms with van der Waals surface area (Å²) in [5.74, 6) is -0.176. The van der Waals surface area contributed by atoms with Crippen LogP contribution in [0.15, 0.2) is 23.4 Å². The van der Waals surface area contributed by atoms with Crippen LogP contribution >= 0.6 is 0 Å². The van der Waals surface area contributed by atoms with Gasteiger partial charge in [-0.15, -0.1) is 0 Å². The molecule has 0 heterocycles. The molecule has 0 fully saturated rings. The average Bonchev–Trinajstić information content (AvgIpc) is 2.38. The van der Waals surface area contributed by atoms with E-state index in [1.54, 1.807) is 0 Å². The maximum absolute atomic E-state index is 10.6. The third-order valence-corrected chi connectivity index (χ3v) is 2.84. The van der Waals surface area contributed by atoms with Gasteiger partial charge < -0.3 is 22.0 Å². The molecule has 0 radical (unpaired) electrons. The summed E-state index contributed by atoms with van der Waals surface area (Å²) in [6.07, 6.45) is 1.13. The number of carbonyl (C=O) groups excluding carboxylic acids is 1. The Hall–Kier alpha value is -2.08. The highest BCUT2D eigenvalue weighted by atomic mass is 16.4. The van der Waals surface area contributed by atoms with Gasteiger partial charge in [-0.25, -0.2) is 0 Å². The topological polar surface area (TPSA) is 114 Å². The predicted molar refractivity (Wildman–Crippen MR) is 73.8 cm³/mol. The second-order valence-corrected chi connectivity index (χ2v) is 4.37. The van der Waals surface area contributed by atoms with E-state index in [2.05, 4.69) is 10.5 Å². The molecular weight excluding hydrogens is 244 g/mol. The van der Waals surface area contributed by atoms with E-state index < -0.39 is 0 Å². The summed E-state index contributed by atoms with van der Waals surface area (Å²) in [6, 6.07) is 5.61. The van der Waals surface area contributed by atoms with E-state index in [-0.39, 0.29) is 11.7 Å². The van der Waals surface area contributed by atoms with E-state index in [1.165, 1.54) is 0 Å². The minimum Gasteiger partial charge on any atom is -0.409 e. The molecule has 104 valence electrons. The highest BCUT2D eigenvalue weighted by Crippen LogP contribution is 2.11. The summed E-state index contributed by atoms with van der Waals surface area (Å²) in [7, 11) is 0. The van der Waals surface area contributed by atoms with Crippen molar-refractivity contribution < 1.29 is 10.0 Å². The number of rotatable bonds is 7. The van der Waals surface area contributed by atoms with E-state index in [4.69, 9.17) is 16.7 Å². The molecule has 0 bridgehead atoms. The molecule has 0 aromatic heterocycles. The van der Waals surface area contributed by atoms with Crippen molar-refractivity contribution >= 4 is 11.7 Å². The lowest BCUT2D eigenvalue weighted by molar-refractivity contribution is -0.118. The van der Waals surface area contributed by atoms with Crippen molar-refractivity contribution in [1.82, 2.24) is 5.32 Å². The normalized spacial score (nSPS) is 11.5. The third-order valence-electron chi connectivity index (χ3n) is 2.84. The Labute approximate surface area is 112 Å². The number of hydrogen-bond acceptors (Lipinski definition) is 4. The Kier molecular flexibility index (Phi) is 5.81. The van der Waals surface area contributed by atoms with E-state index in [1.807, 2.05) is 25.1 Å². The first kappa shape index (κ1) is 15.0. The fourth-order valence-electron chi connectivity index (χ4n) is 1.72. The summed E-state index contributed by atoms with van der Waals surface area (Å²) in [6.45, 7) is 3.42. The minimum absolute atomic E-state index is 0.101. The number of hydrogen-bond donors (Lipinski definition) is 4. The zero-order valence-corrected chi connectivity index (χ0v) is 11.0. The minimum atomic E-state index is -0.277. The highest BCUT2D eigenvalue weighted by molar-refractivity contribution is 5.97. The quantitative estimate of drug-likeness (QED) is 0.188. The van der Waals surface area contributed by atoms with Crippen molar-refractivity contribution in [3.63, 3.8) is 0 Å². The maximum atomic E-state index is 10.6. The number of aryl methyl sites for hydroxylation is 1. The second-order valence-electron chi connectivity index (χ2n) is 4.37. The molecule has 0 atom stereocenters. The highest BCUT2D eigenvalue weighted by Gasteiger charge is 2.03. The molecule has 0 spiro atoms. The first-order valence-electron chi connectivity index (χ1n) is 6.11. The second kappa shape index (κ2) is 7.38. The maximum Gasteiger partial charge on any atom is 0.217 e. The number of nitrogens with one attached hydrogen (secondary N) is 1. The molecule has 19 heavy (non-hydrogen) atoms. The lowest BCUT2D eigenvalue weighted by Crippen LogP contribution is -2.19. The monoisotopic (exact) mass is 264 g/mol.